The smallest absolute Gasteiger partial charge is 0.252 e. The van der Waals surface area contributed by atoms with Crippen LogP contribution >= 0.6 is 11.3 Å². The van der Waals surface area contributed by atoms with Gasteiger partial charge in [0.1, 0.15) is 12.7 Å². The number of hydrogen-bond donors (Lipinski definition) is 1. The van der Waals surface area contributed by atoms with E-state index >= 15 is 0 Å². The van der Waals surface area contributed by atoms with Gasteiger partial charge < -0.3 is 5.32 Å². The molecule has 4 aromatic heterocycles. The molecule has 0 spiro atoms. The first-order valence-corrected chi connectivity index (χ1v) is 12.3. The van der Waals surface area contributed by atoms with Gasteiger partial charge in [0, 0.05) is 21.4 Å². The van der Waals surface area contributed by atoms with Crippen molar-refractivity contribution in [3.05, 3.63) is 76.1 Å². The van der Waals surface area contributed by atoms with Crippen molar-refractivity contribution in [1.29, 1.82) is 0 Å². The number of nitrogens with zero attached hydrogens (tertiary/aromatic N) is 6. The van der Waals surface area contributed by atoms with Crippen LogP contribution in [0, 0.1) is 13.8 Å². The molecule has 5 aromatic rings. The zero-order valence-electron chi connectivity index (χ0n) is 20.4. The normalized spacial score (nSPS) is 12.4. The van der Waals surface area contributed by atoms with E-state index in [1.807, 2.05) is 41.9 Å². The lowest BCUT2D eigenvalue weighted by Gasteiger charge is -2.16. The van der Waals surface area contributed by atoms with Gasteiger partial charge in [0.2, 0.25) is 0 Å². The fourth-order valence-electron chi connectivity index (χ4n) is 4.22. The summed E-state index contributed by atoms with van der Waals surface area (Å²) in [7, 11) is 0. The van der Waals surface area contributed by atoms with Gasteiger partial charge >= 0.3 is 0 Å². The molecule has 4 heterocycles. The maximum Gasteiger partial charge on any atom is 0.252 e. The highest BCUT2D eigenvalue weighted by molar-refractivity contribution is 7.12. The van der Waals surface area contributed by atoms with Crippen LogP contribution in [-0.2, 0) is 0 Å². The summed E-state index contributed by atoms with van der Waals surface area (Å²) >= 11 is 1.73. The van der Waals surface area contributed by atoms with Gasteiger partial charge in [-0.05, 0) is 64.4 Å². The van der Waals surface area contributed by atoms with Crippen molar-refractivity contribution >= 4 is 28.3 Å². The summed E-state index contributed by atoms with van der Waals surface area (Å²) in [6, 6.07) is 11.9. The van der Waals surface area contributed by atoms with Crippen LogP contribution < -0.4 is 5.32 Å². The number of pyridine rings is 1. The lowest BCUT2D eigenvalue weighted by molar-refractivity contribution is 0.0941. The summed E-state index contributed by atoms with van der Waals surface area (Å²) in [5, 5.41) is 12.6. The second-order valence-electron chi connectivity index (χ2n) is 8.93. The number of nitrogens with one attached hydrogen (secondary N) is 1. The number of aryl methyl sites for hydroxylation is 2. The molecule has 0 aliphatic heterocycles. The van der Waals surface area contributed by atoms with E-state index in [1.54, 1.807) is 28.5 Å². The molecule has 9 heteroatoms. The van der Waals surface area contributed by atoms with Gasteiger partial charge in [-0.1, -0.05) is 12.1 Å². The number of benzene rings is 1. The Morgan fingerprint density at radius 2 is 1.83 bits per heavy atom. The minimum Gasteiger partial charge on any atom is -0.345 e. The molecule has 0 saturated heterocycles. The number of fused-ring (bicyclic) bond motifs is 1. The Morgan fingerprint density at radius 1 is 1.06 bits per heavy atom. The molecule has 0 radical (unpaired) electrons. The van der Waals surface area contributed by atoms with Crippen LogP contribution in [0.25, 0.3) is 28.0 Å². The molecule has 0 aliphatic rings. The maximum absolute atomic E-state index is 13.6. The number of carbonyl (C=O) groups is 1. The maximum atomic E-state index is 13.6. The highest BCUT2D eigenvalue weighted by Crippen LogP contribution is 2.32. The molecule has 1 unspecified atom stereocenters. The van der Waals surface area contributed by atoms with Gasteiger partial charge in [0.25, 0.3) is 5.91 Å². The highest BCUT2D eigenvalue weighted by atomic mass is 32.1. The third-order valence-corrected chi connectivity index (χ3v) is 7.01. The van der Waals surface area contributed by atoms with Crippen molar-refractivity contribution in [1.82, 2.24) is 34.8 Å². The topological polar surface area (TPSA) is 90.5 Å². The van der Waals surface area contributed by atoms with Crippen LogP contribution in [0.15, 0.2) is 55.2 Å². The second kappa shape index (κ2) is 9.07. The van der Waals surface area contributed by atoms with Crippen molar-refractivity contribution < 1.29 is 4.79 Å². The predicted molar refractivity (Wildman–Crippen MR) is 138 cm³/mol. The highest BCUT2D eigenvalue weighted by Gasteiger charge is 2.21. The molecular formula is C26H27N7OS. The molecule has 8 nitrogen and oxygen atoms in total. The van der Waals surface area contributed by atoms with Gasteiger partial charge in [-0.25, -0.2) is 19.3 Å². The fourth-order valence-corrected chi connectivity index (χ4v) is 5.16. The van der Waals surface area contributed by atoms with Crippen LogP contribution in [0.1, 0.15) is 58.5 Å². The minimum absolute atomic E-state index is 0.124. The molecule has 0 fully saturated rings. The van der Waals surface area contributed by atoms with Crippen molar-refractivity contribution in [2.45, 2.75) is 46.7 Å². The molecule has 1 N–H and O–H groups in total. The van der Waals surface area contributed by atoms with E-state index in [0.29, 0.717) is 5.56 Å². The molecule has 1 aromatic carbocycles. The molecule has 0 saturated carbocycles. The lowest BCUT2D eigenvalue weighted by atomic mass is 10.0. The van der Waals surface area contributed by atoms with Crippen molar-refractivity contribution in [2.24, 2.45) is 0 Å². The van der Waals surface area contributed by atoms with Crippen LogP contribution in [0.5, 0.6) is 0 Å². The van der Waals surface area contributed by atoms with E-state index in [0.717, 1.165) is 33.5 Å². The van der Waals surface area contributed by atoms with E-state index in [4.69, 9.17) is 4.98 Å². The summed E-state index contributed by atoms with van der Waals surface area (Å²) in [6.07, 6.45) is 4.89. The molecular weight excluding hydrogens is 458 g/mol. The van der Waals surface area contributed by atoms with Crippen LogP contribution in [0.2, 0.25) is 0 Å². The molecule has 35 heavy (non-hydrogen) atoms. The van der Waals surface area contributed by atoms with Crippen LogP contribution in [-0.4, -0.2) is 35.4 Å². The lowest BCUT2D eigenvalue weighted by Crippen LogP contribution is -2.27. The number of carbonyl (C=O) groups excluding carboxylic acids is 1. The van der Waals surface area contributed by atoms with E-state index in [1.165, 1.54) is 16.1 Å². The first-order valence-electron chi connectivity index (χ1n) is 11.5. The van der Waals surface area contributed by atoms with E-state index in [2.05, 4.69) is 54.3 Å². The van der Waals surface area contributed by atoms with Crippen LogP contribution in [0.4, 0.5) is 0 Å². The number of thiophene rings is 1. The largest absolute Gasteiger partial charge is 0.345 e. The first kappa shape index (κ1) is 22.9. The second-order valence-corrected chi connectivity index (χ2v) is 10.4. The van der Waals surface area contributed by atoms with Gasteiger partial charge in [0.15, 0.2) is 5.65 Å². The monoisotopic (exact) mass is 485 g/mol. The molecule has 5 rings (SSSR count). The molecule has 0 aliphatic carbocycles. The summed E-state index contributed by atoms with van der Waals surface area (Å²) in [4.78, 5) is 24.9. The predicted octanol–water partition coefficient (Wildman–Crippen LogP) is 5.43. The number of rotatable bonds is 6. The molecule has 178 valence electrons. The average molecular weight is 486 g/mol. The third-order valence-electron chi connectivity index (χ3n) is 6.04. The zero-order chi connectivity index (χ0) is 24.7. The fraction of sp³-hybridized carbons (Fsp3) is 0.269. The van der Waals surface area contributed by atoms with E-state index in [9.17, 15) is 4.79 Å². The Morgan fingerprint density at radius 3 is 2.46 bits per heavy atom. The molecule has 0 bridgehead atoms. The number of aromatic nitrogens is 6. The Kier molecular flexibility index (Phi) is 5.94. The Hall–Kier alpha value is -3.85. The van der Waals surface area contributed by atoms with Gasteiger partial charge in [-0.2, -0.15) is 10.2 Å². The summed E-state index contributed by atoms with van der Waals surface area (Å²) in [5.74, 6) is -0.153. The minimum atomic E-state index is -0.191. The number of hydrogen-bond acceptors (Lipinski definition) is 6. The molecule has 1 atom stereocenters. The summed E-state index contributed by atoms with van der Waals surface area (Å²) in [5.41, 5.74) is 5.04. The quantitative estimate of drug-likeness (QED) is 0.346. The Labute approximate surface area is 207 Å². The van der Waals surface area contributed by atoms with Gasteiger partial charge in [-0.15, -0.1) is 11.3 Å². The van der Waals surface area contributed by atoms with Gasteiger partial charge in [0.05, 0.1) is 34.6 Å². The summed E-state index contributed by atoms with van der Waals surface area (Å²) in [6.45, 7) is 10.3. The van der Waals surface area contributed by atoms with Gasteiger partial charge in [-0.3, -0.25) is 4.79 Å². The summed E-state index contributed by atoms with van der Waals surface area (Å²) < 4.78 is 3.57. The number of amides is 1. The molecule has 1 amide bonds. The van der Waals surface area contributed by atoms with Crippen molar-refractivity contribution in [3.63, 3.8) is 0 Å². The van der Waals surface area contributed by atoms with Crippen LogP contribution in [0.3, 0.4) is 0 Å². The zero-order valence-corrected chi connectivity index (χ0v) is 21.2. The Bertz CT molecular complexity index is 1500. The van der Waals surface area contributed by atoms with Crippen molar-refractivity contribution in [3.8, 4) is 16.9 Å². The first-order chi connectivity index (χ1) is 16.8. The van der Waals surface area contributed by atoms with E-state index in [-0.39, 0.29) is 18.0 Å². The Balaban J connectivity index is 1.49. The average Bonchev–Trinajstić information content (AvgIpc) is 3.58. The van der Waals surface area contributed by atoms with Crippen molar-refractivity contribution in [2.75, 3.05) is 0 Å². The SMILES string of the molecule is Cc1cc(-c2cc(C(=O)NC(C)c3ccc(-n4cncn4)cc3)c3cnn(C(C)C)c3n2)c(C)s1. The standard InChI is InChI=1S/C26H27N7OS/c1-15(2)33-25-23(12-28-33)22(11-24(31-25)21-10-16(3)35-18(21)5)26(34)30-17(4)19-6-8-20(9-7-19)32-14-27-13-29-32/h6-15,17H,1-5H3,(H,30,34). The third kappa shape index (κ3) is 4.35. The van der Waals surface area contributed by atoms with E-state index < -0.39 is 0 Å².